The highest BCUT2D eigenvalue weighted by molar-refractivity contribution is 6.09. The molecule has 1 aliphatic heterocycles. The molecule has 1 fully saturated rings. The van der Waals surface area contributed by atoms with Gasteiger partial charge in [0.25, 0.3) is 0 Å². The van der Waals surface area contributed by atoms with Gasteiger partial charge < -0.3 is 10.2 Å². The summed E-state index contributed by atoms with van der Waals surface area (Å²) < 4.78 is 0. The van der Waals surface area contributed by atoms with Crippen LogP contribution in [0.3, 0.4) is 0 Å². The van der Waals surface area contributed by atoms with Crippen molar-refractivity contribution in [1.82, 2.24) is 5.32 Å². The first-order valence-corrected chi connectivity index (χ1v) is 9.32. The Morgan fingerprint density at radius 3 is 2.58 bits per heavy atom. The molecule has 0 saturated carbocycles. The van der Waals surface area contributed by atoms with Crippen LogP contribution in [0.2, 0.25) is 0 Å². The maximum Gasteiger partial charge on any atom is 0.239 e. The predicted octanol–water partition coefficient (Wildman–Crippen LogP) is 3.27. The van der Waals surface area contributed by atoms with E-state index in [9.17, 15) is 9.59 Å². The predicted molar refractivity (Wildman–Crippen MR) is 104 cm³/mol. The summed E-state index contributed by atoms with van der Waals surface area (Å²) in [7, 11) is 0. The first-order valence-electron chi connectivity index (χ1n) is 9.32. The van der Waals surface area contributed by atoms with Crippen LogP contribution in [-0.4, -0.2) is 24.9 Å². The van der Waals surface area contributed by atoms with Gasteiger partial charge in [-0.25, -0.2) is 0 Å². The Morgan fingerprint density at radius 1 is 1.15 bits per heavy atom. The van der Waals surface area contributed by atoms with E-state index >= 15 is 0 Å². The molecule has 0 bridgehead atoms. The molecule has 4 nitrogen and oxygen atoms in total. The SMILES string of the molecule is CCc1ccc(N2CC[C@@H](C(=O)NCCc3ccccc3C)C2=O)cc1. The molecule has 1 atom stereocenters. The summed E-state index contributed by atoms with van der Waals surface area (Å²) in [5.74, 6) is -0.823. The highest BCUT2D eigenvalue weighted by Gasteiger charge is 2.37. The standard InChI is InChI=1S/C22H26N2O2/c1-3-17-8-10-19(11-9-17)24-15-13-20(22(24)26)21(25)23-14-12-18-7-5-4-6-16(18)2/h4-11,20H,3,12-15H2,1-2H3,(H,23,25)/t20-/m0/s1. The number of hydrogen-bond donors (Lipinski definition) is 1. The summed E-state index contributed by atoms with van der Waals surface area (Å²) in [4.78, 5) is 26.8. The number of carbonyl (C=O) groups is 2. The van der Waals surface area contributed by atoms with E-state index in [4.69, 9.17) is 0 Å². The van der Waals surface area contributed by atoms with Gasteiger partial charge in [-0.1, -0.05) is 43.3 Å². The third-order valence-electron chi connectivity index (χ3n) is 5.13. The molecule has 1 saturated heterocycles. The largest absolute Gasteiger partial charge is 0.355 e. The number of amides is 2. The molecule has 26 heavy (non-hydrogen) atoms. The summed E-state index contributed by atoms with van der Waals surface area (Å²) in [6, 6.07) is 16.2. The van der Waals surface area contributed by atoms with Gasteiger partial charge in [0.15, 0.2) is 0 Å². The van der Waals surface area contributed by atoms with E-state index in [1.54, 1.807) is 4.90 Å². The zero-order chi connectivity index (χ0) is 18.5. The van der Waals surface area contributed by atoms with Crippen molar-refractivity contribution in [2.45, 2.75) is 33.1 Å². The number of benzene rings is 2. The monoisotopic (exact) mass is 350 g/mol. The molecule has 1 heterocycles. The van der Waals surface area contributed by atoms with Crippen LogP contribution >= 0.6 is 0 Å². The van der Waals surface area contributed by atoms with E-state index < -0.39 is 5.92 Å². The minimum atomic E-state index is -0.572. The fraction of sp³-hybridized carbons (Fsp3) is 0.364. The second kappa shape index (κ2) is 8.17. The third-order valence-corrected chi connectivity index (χ3v) is 5.13. The molecule has 1 aliphatic rings. The maximum absolute atomic E-state index is 12.7. The number of nitrogens with one attached hydrogen (secondary N) is 1. The first kappa shape index (κ1) is 18.2. The second-order valence-corrected chi connectivity index (χ2v) is 6.82. The molecule has 2 amide bonds. The zero-order valence-electron chi connectivity index (χ0n) is 15.5. The molecule has 2 aromatic rings. The van der Waals surface area contributed by atoms with Crippen LogP contribution in [0.4, 0.5) is 5.69 Å². The van der Waals surface area contributed by atoms with Crippen LogP contribution in [0.15, 0.2) is 48.5 Å². The number of anilines is 1. The van der Waals surface area contributed by atoms with Crippen molar-refractivity contribution in [2.24, 2.45) is 5.92 Å². The lowest BCUT2D eigenvalue weighted by molar-refractivity contribution is -0.132. The lowest BCUT2D eigenvalue weighted by atomic mass is 10.1. The molecular weight excluding hydrogens is 324 g/mol. The molecule has 136 valence electrons. The van der Waals surface area contributed by atoms with Gasteiger partial charge in [-0.3, -0.25) is 9.59 Å². The molecule has 0 unspecified atom stereocenters. The number of nitrogens with zero attached hydrogens (tertiary/aromatic N) is 1. The summed E-state index contributed by atoms with van der Waals surface area (Å²) in [6.07, 6.45) is 2.33. The smallest absolute Gasteiger partial charge is 0.239 e. The van der Waals surface area contributed by atoms with E-state index in [1.807, 2.05) is 36.4 Å². The van der Waals surface area contributed by atoms with Crippen molar-refractivity contribution in [3.63, 3.8) is 0 Å². The highest BCUT2D eigenvalue weighted by Crippen LogP contribution is 2.25. The third kappa shape index (κ3) is 3.96. The molecule has 0 aliphatic carbocycles. The van der Waals surface area contributed by atoms with Crippen molar-refractivity contribution < 1.29 is 9.59 Å². The normalized spacial score (nSPS) is 16.8. The van der Waals surface area contributed by atoms with E-state index in [0.29, 0.717) is 19.5 Å². The lowest BCUT2D eigenvalue weighted by Gasteiger charge is -2.17. The highest BCUT2D eigenvalue weighted by atomic mass is 16.2. The average molecular weight is 350 g/mol. The summed E-state index contributed by atoms with van der Waals surface area (Å²) in [6.45, 7) is 5.32. The maximum atomic E-state index is 12.7. The van der Waals surface area contributed by atoms with Crippen LogP contribution in [-0.2, 0) is 22.4 Å². The minimum Gasteiger partial charge on any atom is -0.355 e. The van der Waals surface area contributed by atoms with Crippen LogP contribution < -0.4 is 10.2 Å². The Bertz CT molecular complexity index is 783. The Balaban J connectivity index is 1.55. The van der Waals surface area contributed by atoms with Crippen molar-refractivity contribution >= 4 is 17.5 Å². The van der Waals surface area contributed by atoms with Gasteiger partial charge in [-0.2, -0.15) is 0 Å². The van der Waals surface area contributed by atoms with Crippen LogP contribution in [0, 0.1) is 12.8 Å². The van der Waals surface area contributed by atoms with E-state index in [-0.39, 0.29) is 11.8 Å². The van der Waals surface area contributed by atoms with Crippen molar-refractivity contribution in [3.05, 3.63) is 65.2 Å². The fourth-order valence-corrected chi connectivity index (χ4v) is 3.43. The first-order chi connectivity index (χ1) is 12.6. The number of rotatable bonds is 6. The quantitative estimate of drug-likeness (QED) is 0.813. The van der Waals surface area contributed by atoms with Gasteiger partial charge in [0.1, 0.15) is 5.92 Å². The van der Waals surface area contributed by atoms with Crippen molar-refractivity contribution in [3.8, 4) is 0 Å². The summed E-state index contributed by atoms with van der Waals surface area (Å²) in [5.41, 5.74) is 4.57. The average Bonchev–Trinajstić information content (AvgIpc) is 3.05. The van der Waals surface area contributed by atoms with E-state index in [2.05, 4.69) is 31.3 Å². The molecule has 0 radical (unpaired) electrons. The Morgan fingerprint density at radius 2 is 1.88 bits per heavy atom. The Labute approximate surface area is 155 Å². The second-order valence-electron chi connectivity index (χ2n) is 6.82. The Kier molecular flexibility index (Phi) is 5.71. The Hall–Kier alpha value is -2.62. The summed E-state index contributed by atoms with van der Waals surface area (Å²) in [5, 5.41) is 2.93. The molecule has 0 spiro atoms. The van der Waals surface area contributed by atoms with E-state index in [0.717, 1.165) is 18.5 Å². The van der Waals surface area contributed by atoms with E-state index in [1.165, 1.54) is 16.7 Å². The lowest BCUT2D eigenvalue weighted by Crippen LogP contribution is -2.37. The molecular formula is C22H26N2O2. The number of aryl methyl sites for hydroxylation is 2. The van der Waals surface area contributed by atoms with Crippen molar-refractivity contribution in [1.29, 1.82) is 0 Å². The molecule has 3 rings (SSSR count). The van der Waals surface area contributed by atoms with Crippen LogP contribution in [0.1, 0.15) is 30.0 Å². The topological polar surface area (TPSA) is 49.4 Å². The van der Waals surface area contributed by atoms with Gasteiger partial charge in [0, 0.05) is 18.8 Å². The zero-order valence-corrected chi connectivity index (χ0v) is 15.5. The summed E-state index contributed by atoms with van der Waals surface area (Å²) >= 11 is 0. The van der Waals surface area contributed by atoms with Crippen LogP contribution in [0.25, 0.3) is 0 Å². The molecule has 2 aromatic carbocycles. The van der Waals surface area contributed by atoms with Crippen LogP contribution in [0.5, 0.6) is 0 Å². The number of hydrogen-bond acceptors (Lipinski definition) is 2. The molecule has 4 heteroatoms. The van der Waals surface area contributed by atoms with Gasteiger partial charge in [0.05, 0.1) is 0 Å². The number of carbonyl (C=O) groups excluding carboxylic acids is 2. The minimum absolute atomic E-state index is 0.0948. The van der Waals surface area contributed by atoms with Gasteiger partial charge in [-0.15, -0.1) is 0 Å². The fourth-order valence-electron chi connectivity index (χ4n) is 3.43. The van der Waals surface area contributed by atoms with Crippen molar-refractivity contribution in [2.75, 3.05) is 18.0 Å². The van der Waals surface area contributed by atoms with Gasteiger partial charge in [0.2, 0.25) is 11.8 Å². The molecule has 0 aromatic heterocycles. The molecule has 1 N–H and O–H groups in total. The van der Waals surface area contributed by atoms with Gasteiger partial charge >= 0.3 is 0 Å². The van der Waals surface area contributed by atoms with Gasteiger partial charge in [-0.05, 0) is 55.0 Å².